The Labute approximate surface area is 52.6 Å². The van der Waals surface area contributed by atoms with E-state index in [4.69, 9.17) is 4.74 Å². The van der Waals surface area contributed by atoms with E-state index in [2.05, 4.69) is 20.4 Å². The third-order valence-electron chi connectivity index (χ3n) is 0.550. The minimum atomic E-state index is 0.665. The standard InChI is InChI=1S/C4H9O2.Al/c1-2-6-4-3-5;/h2-4H2,1H3;/q-1;+3. The minimum absolute atomic E-state index is 0.665. The quantitative estimate of drug-likeness (QED) is 0.383. The van der Waals surface area contributed by atoms with Crippen LogP contribution in [0.25, 0.3) is 0 Å². The van der Waals surface area contributed by atoms with Crippen molar-refractivity contribution in [3.8, 4) is 0 Å². The van der Waals surface area contributed by atoms with Gasteiger partial charge in [0.2, 0.25) is 0 Å². The van der Waals surface area contributed by atoms with Gasteiger partial charge in [-0.3, -0.25) is 0 Å². The molecule has 0 radical (unpaired) electrons. The van der Waals surface area contributed by atoms with E-state index in [-0.39, 0.29) is 0 Å². The van der Waals surface area contributed by atoms with Crippen LogP contribution in [0, 0.1) is 0 Å². The van der Waals surface area contributed by atoms with Gasteiger partial charge < -0.3 is 0 Å². The molecular formula is C4H9AlO2+2. The van der Waals surface area contributed by atoms with Crippen LogP contribution in [-0.2, 0) is 8.53 Å². The molecule has 0 aliphatic carbocycles. The summed E-state index contributed by atoms with van der Waals surface area (Å²) in [5, 5.41) is 0. The number of rotatable bonds is 4. The molecule has 7 heavy (non-hydrogen) atoms. The first-order valence-electron chi connectivity index (χ1n) is 2.31. The van der Waals surface area contributed by atoms with Crippen molar-refractivity contribution in [2.75, 3.05) is 19.8 Å². The van der Waals surface area contributed by atoms with E-state index < -0.39 is 0 Å². The zero-order valence-corrected chi connectivity index (χ0v) is 5.67. The summed E-state index contributed by atoms with van der Waals surface area (Å²) in [4.78, 5) is 0. The van der Waals surface area contributed by atoms with Crippen LogP contribution in [0.5, 0.6) is 0 Å². The van der Waals surface area contributed by atoms with Crippen LogP contribution in [0.3, 0.4) is 0 Å². The molecule has 0 aliphatic rings. The van der Waals surface area contributed by atoms with Gasteiger partial charge in [-0.05, 0) is 0 Å². The van der Waals surface area contributed by atoms with E-state index in [9.17, 15) is 0 Å². The summed E-state index contributed by atoms with van der Waals surface area (Å²) in [5.41, 5.74) is 0. The molecule has 0 aromatic heterocycles. The monoisotopic (exact) mass is 116 g/mol. The van der Waals surface area contributed by atoms with E-state index in [1.807, 2.05) is 6.92 Å². The van der Waals surface area contributed by atoms with Crippen LogP contribution in [0.1, 0.15) is 6.92 Å². The molecule has 0 fully saturated rings. The number of ether oxygens (including phenoxy) is 1. The third-order valence-corrected chi connectivity index (χ3v) is 0.785. The molecule has 0 amide bonds. The summed E-state index contributed by atoms with van der Waals surface area (Å²) in [6.45, 7) is 4.09. The molecule has 0 saturated heterocycles. The topological polar surface area (TPSA) is 18.5 Å². The summed E-state index contributed by atoms with van der Waals surface area (Å²) >= 11 is 2.17. The Bertz CT molecular complexity index is 28.9. The average Bonchev–Trinajstić information content (AvgIpc) is 1.69. The first-order valence-corrected chi connectivity index (χ1v) is 2.78. The fourth-order valence-corrected chi connectivity index (χ4v) is 0.348. The van der Waals surface area contributed by atoms with Gasteiger partial charge in [-0.2, -0.15) is 0 Å². The van der Waals surface area contributed by atoms with E-state index in [1.165, 1.54) is 0 Å². The molecule has 0 aromatic carbocycles. The van der Waals surface area contributed by atoms with Crippen LogP contribution in [0.2, 0.25) is 0 Å². The normalized spacial score (nSPS) is 9.57. The number of hydrogen-bond acceptors (Lipinski definition) is 2. The number of hydrogen-bond donors (Lipinski definition) is 0. The molecular weight excluding hydrogens is 107 g/mol. The second-order valence-electron chi connectivity index (χ2n) is 1.07. The fraction of sp³-hybridized carbons (Fsp3) is 1.00. The van der Waals surface area contributed by atoms with Gasteiger partial charge in [0.25, 0.3) is 0 Å². The fourth-order valence-electron chi connectivity index (χ4n) is 0.251. The second-order valence-corrected chi connectivity index (χ2v) is 1.40. The molecule has 0 heterocycles. The van der Waals surface area contributed by atoms with Crippen molar-refractivity contribution in [2.45, 2.75) is 6.92 Å². The predicted octanol–water partition coefficient (Wildman–Crippen LogP) is 0.123. The molecule has 2 nitrogen and oxygen atoms in total. The molecule has 0 atom stereocenters. The molecule has 38 valence electrons. The summed E-state index contributed by atoms with van der Waals surface area (Å²) in [6, 6.07) is 0. The van der Waals surface area contributed by atoms with Gasteiger partial charge in [-0.25, -0.2) is 0 Å². The second kappa shape index (κ2) is 6.45. The molecule has 0 saturated carbocycles. The van der Waals surface area contributed by atoms with E-state index in [0.29, 0.717) is 13.2 Å². The van der Waals surface area contributed by atoms with E-state index >= 15 is 0 Å². The molecule has 0 aliphatic heterocycles. The van der Waals surface area contributed by atoms with Gasteiger partial charge in [0, 0.05) is 0 Å². The zero-order chi connectivity index (χ0) is 5.54. The molecule has 0 N–H and O–H groups in total. The summed E-state index contributed by atoms with van der Waals surface area (Å²) < 4.78 is 9.57. The SMILES string of the molecule is CCOCC[O][Al+2]. The van der Waals surface area contributed by atoms with Crippen molar-refractivity contribution in [1.29, 1.82) is 0 Å². The first kappa shape index (κ1) is 7.45. The summed E-state index contributed by atoms with van der Waals surface area (Å²) in [6.07, 6.45) is 0. The van der Waals surface area contributed by atoms with Crippen molar-refractivity contribution in [3.63, 3.8) is 0 Å². The van der Waals surface area contributed by atoms with Gasteiger partial charge in [-0.1, -0.05) is 0 Å². The van der Waals surface area contributed by atoms with Gasteiger partial charge in [-0.15, -0.1) is 0 Å². The Morgan fingerprint density at radius 3 is 2.57 bits per heavy atom. The van der Waals surface area contributed by atoms with Gasteiger partial charge in [0.1, 0.15) is 0 Å². The van der Waals surface area contributed by atoms with Crippen molar-refractivity contribution < 1.29 is 8.53 Å². The Hall–Kier alpha value is 0.452. The van der Waals surface area contributed by atoms with Crippen LogP contribution >= 0.6 is 0 Å². The molecule has 0 bridgehead atoms. The van der Waals surface area contributed by atoms with Crippen LogP contribution in [0.4, 0.5) is 0 Å². The van der Waals surface area contributed by atoms with Crippen molar-refractivity contribution >= 4 is 16.6 Å². The maximum atomic E-state index is 4.94. The van der Waals surface area contributed by atoms with Crippen molar-refractivity contribution in [3.05, 3.63) is 0 Å². The molecule has 0 aromatic rings. The Morgan fingerprint density at radius 1 is 1.43 bits per heavy atom. The van der Waals surface area contributed by atoms with Crippen molar-refractivity contribution in [1.82, 2.24) is 0 Å². The Kier molecular flexibility index (Phi) is 6.87. The van der Waals surface area contributed by atoms with Gasteiger partial charge in [0.15, 0.2) is 0 Å². The first-order chi connectivity index (χ1) is 3.41. The van der Waals surface area contributed by atoms with Crippen LogP contribution < -0.4 is 0 Å². The van der Waals surface area contributed by atoms with Gasteiger partial charge in [0.05, 0.1) is 0 Å². The van der Waals surface area contributed by atoms with Gasteiger partial charge >= 0.3 is 51.9 Å². The van der Waals surface area contributed by atoms with E-state index in [0.717, 1.165) is 6.61 Å². The van der Waals surface area contributed by atoms with E-state index in [1.54, 1.807) is 0 Å². The van der Waals surface area contributed by atoms with Crippen LogP contribution in [0.15, 0.2) is 0 Å². The van der Waals surface area contributed by atoms with Crippen molar-refractivity contribution in [2.24, 2.45) is 0 Å². The molecule has 0 unspecified atom stereocenters. The molecule has 0 rings (SSSR count). The summed E-state index contributed by atoms with van der Waals surface area (Å²) in [5.74, 6) is 0. The predicted molar refractivity (Wildman–Crippen MR) is 28.2 cm³/mol. The zero-order valence-electron chi connectivity index (χ0n) is 4.52. The molecule has 3 heteroatoms. The average molecular weight is 116 g/mol. The molecule has 0 spiro atoms. The summed E-state index contributed by atoms with van der Waals surface area (Å²) in [7, 11) is 0. The Balaban J connectivity index is 2.45. The van der Waals surface area contributed by atoms with Crippen LogP contribution in [-0.4, -0.2) is 36.4 Å². The maximum absolute atomic E-state index is 4.94. The third kappa shape index (κ3) is 6.45. The Morgan fingerprint density at radius 2 is 2.14 bits per heavy atom.